The molecule has 1 rings (SSSR count). The van der Waals surface area contributed by atoms with Crippen LogP contribution in [0.15, 0.2) is 28.7 Å². The molecular weight excluding hydrogens is 272 g/mol. The van der Waals surface area contributed by atoms with E-state index in [1.54, 1.807) is 18.2 Å². The summed E-state index contributed by atoms with van der Waals surface area (Å²) < 4.78 is 5.97. The largest absolute Gasteiger partial charge is 0.480 e. The smallest absolute Gasteiger partial charge is 0.328 e. The van der Waals surface area contributed by atoms with Gasteiger partial charge in [-0.15, -0.1) is 6.42 Å². The van der Waals surface area contributed by atoms with Gasteiger partial charge in [-0.05, 0) is 39.7 Å². The molecule has 82 valence electrons. The van der Waals surface area contributed by atoms with Crippen LogP contribution < -0.4 is 4.74 Å². The average Bonchev–Trinajstić information content (AvgIpc) is 2.25. The summed E-state index contributed by atoms with van der Waals surface area (Å²) in [5.74, 6) is 2.01. The quantitative estimate of drug-likeness (QED) is 0.681. The molecule has 0 spiro atoms. The fourth-order valence-corrected chi connectivity index (χ4v) is 1.54. The summed E-state index contributed by atoms with van der Waals surface area (Å²) >= 11 is 3.31. The van der Waals surface area contributed by atoms with Crippen molar-refractivity contribution < 1.29 is 14.6 Å². The second-order valence-corrected chi connectivity index (χ2v) is 3.71. The number of benzene rings is 1. The van der Waals surface area contributed by atoms with E-state index in [1.165, 1.54) is 6.08 Å². The monoisotopic (exact) mass is 280 g/mol. The number of halogens is 1. The van der Waals surface area contributed by atoms with Gasteiger partial charge in [0.1, 0.15) is 12.4 Å². The molecule has 4 heteroatoms. The van der Waals surface area contributed by atoms with Crippen molar-refractivity contribution in [3.05, 3.63) is 34.3 Å². The third kappa shape index (κ3) is 3.79. The van der Waals surface area contributed by atoms with Gasteiger partial charge in [0, 0.05) is 6.08 Å². The van der Waals surface area contributed by atoms with E-state index >= 15 is 0 Å². The molecule has 1 aromatic carbocycles. The highest BCUT2D eigenvalue weighted by Gasteiger charge is 2.00. The zero-order chi connectivity index (χ0) is 12.0. The van der Waals surface area contributed by atoms with Crippen LogP contribution in [0, 0.1) is 12.3 Å². The maximum atomic E-state index is 10.3. The molecule has 0 saturated carbocycles. The molecule has 0 bridgehead atoms. The Morgan fingerprint density at radius 3 is 2.94 bits per heavy atom. The minimum atomic E-state index is -0.983. The van der Waals surface area contributed by atoms with Gasteiger partial charge in [-0.25, -0.2) is 4.79 Å². The minimum absolute atomic E-state index is 0.197. The SMILES string of the molecule is C#CCOc1ccc(/C=C/C(=O)O)cc1Br. The summed E-state index contributed by atoms with van der Waals surface area (Å²) in [6, 6.07) is 5.23. The van der Waals surface area contributed by atoms with Gasteiger partial charge in [-0.1, -0.05) is 12.0 Å². The molecule has 3 nitrogen and oxygen atoms in total. The van der Waals surface area contributed by atoms with Crippen LogP contribution in [0.5, 0.6) is 5.75 Å². The first-order chi connectivity index (χ1) is 7.63. The number of ether oxygens (including phenoxy) is 1. The van der Waals surface area contributed by atoms with Crippen LogP contribution in [-0.2, 0) is 4.79 Å². The molecule has 0 fully saturated rings. The van der Waals surface area contributed by atoms with Crippen LogP contribution >= 0.6 is 15.9 Å². The summed E-state index contributed by atoms with van der Waals surface area (Å²) in [6.07, 6.45) is 7.64. The maximum Gasteiger partial charge on any atom is 0.328 e. The Morgan fingerprint density at radius 1 is 1.62 bits per heavy atom. The number of carbonyl (C=O) groups is 1. The highest BCUT2D eigenvalue weighted by molar-refractivity contribution is 9.10. The molecule has 0 atom stereocenters. The minimum Gasteiger partial charge on any atom is -0.480 e. The molecule has 0 aromatic heterocycles. The van der Waals surface area contributed by atoms with Gasteiger partial charge in [-0.3, -0.25) is 0 Å². The van der Waals surface area contributed by atoms with Gasteiger partial charge in [0.05, 0.1) is 4.47 Å². The van der Waals surface area contributed by atoms with Crippen molar-refractivity contribution in [3.63, 3.8) is 0 Å². The van der Waals surface area contributed by atoms with E-state index in [-0.39, 0.29) is 6.61 Å². The fourth-order valence-electron chi connectivity index (χ4n) is 1.02. The summed E-state index contributed by atoms with van der Waals surface area (Å²) in [5, 5.41) is 8.47. The lowest BCUT2D eigenvalue weighted by atomic mass is 10.2. The molecule has 0 aliphatic rings. The van der Waals surface area contributed by atoms with E-state index in [1.807, 2.05) is 0 Å². The van der Waals surface area contributed by atoms with Gasteiger partial charge in [0.25, 0.3) is 0 Å². The second kappa shape index (κ2) is 5.99. The Bertz CT molecular complexity index is 458. The summed E-state index contributed by atoms with van der Waals surface area (Å²) in [6.45, 7) is 0.197. The standard InChI is InChI=1S/C12H9BrO3/c1-2-7-16-11-5-3-9(8-10(11)13)4-6-12(14)15/h1,3-6,8H,7H2,(H,14,15)/b6-4+. The fraction of sp³-hybridized carbons (Fsp3) is 0.0833. The summed E-state index contributed by atoms with van der Waals surface area (Å²) in [4.78, 5) is 10.3. The number of aliphatic carboxylic acids is 1. The highest BCUT2D eigenvalue weighted by atomic mass is 79.9. The van der Waals surface area contributed by atoms with Crippen LogP contribution in [-0.4, -0.2) is 17.7 Å². The van der Waals surface area contributed by atoms with Crippen LogP contribution in [0.1, 0.15) is 5.56 Å². The topological polar surface area (TPSA) is 46.5 Å². The summed E-state index contributed by atoms with van der Waals surface area (Å²) in [5.41, 5.74) is 0.766. The number of terminal acetylenes is 1. The van der Waals surface area contributed by atoms with Crippen LogP contribution in [0.3, 0.4) is 0 Å². The number of hydrogen-bond acceptors (Lipinski definition) is 2. The molecule has 0 aliphatic heterocycles. The van der Waals surface area contributed by atoms with E-state index in [0.717, 1.165) is 16.1 Å². The molecule has 1 aromatic rings. The Balaban J connectivity index is 2.83. The Morgan fingerprint density at radius 2 is 2.38 bits per heavy atom. The van der Waals surface area contributed by atoms with E-state index in [0.29, 0.717) is 5.75 Å². The first kappa shape index (κ1) is 12.3. The van der Waals surface area contributed by atoms with Crippen molar-refractivity contribution in [2.45, 2.75) is 0 Å². The van der Waals surface area contributed by atoms with Gasteiger partial charge >= 0.3 is 5.97 Å². The zero-order valence-electron chi connectivity index (χ0n) is 8.31. The van der Waals surface area contributed by atoms with Crippen LogP contribution in [0.25, 0.3) is 6.08 Å². The Labute approximate surface area is 102 Å². The van der Waals surface area contributed by atoms with Crippen LogP contribution in [0.4, 0.5) is 0 Å². The Kier molecular flexibility index (Phi) is 4.62. The lowest BCUT2D eigenvalue weighted by Crippen LogP contribution is -1.94. The van der Waals surface area contributed by atoms with Gasteiger partial charge < -0.3 is 9.84 Å². The molecule has 0 saturated heterocycles. The van der Waals surface area contributed by atoms with Gasteiger partial charge in [0.2, 0.25) is 0 Å². The van der Waals surface area contributed by atoms with Crippen molar-refractivity contribution >= 4 is 28.0 Å². The lowest BCUT2D eigenvalue weighted by Gasteiger charge is -2.05. The van der Waals surface area contributed by atoms with Crippen molar-refractivity contribution in [1.29, 1.82) is 0 Å². The lowest BCUT2D eigenvalue weighted by molar-refractivity contribution is -0.131. The molecule has 0 amide bonds. The molecule has 1 N–H and O–H groups in total. The Hall–Kier alpha value is -1.73. The predicted molar refractivity (Wildman–Crippen MR) is 65.1 cm³/mol. The highest BCUT2D eigenvalue weighted by Crippen LogP contribution is 2.26. The maximum absolute atomic E-state index is 10.3. The number of carboxylic acid groups (broad SMARTS) is 1. The third-order valence-corrected chi connectivity index (χ3v) is 2.31. The molecular formula is C12H9BrO3. The van der Waals surface area contributed by atoms with Gasteiger partial charge in [-0.2, -0.15) is 0 Å². The van der Waals surface area contributed by atoms with E-state index in [9.17, 15) is 4.79 Å². The first-order valence-corrected chi connectivity index (χ1v) is 5.19. The predicted octanol–water partition coefficient (Wildman–Crippen LogP) is 2.56. The first-order valence-electron chi connectivity index (χ1n) is 4.40. The normalized spacial score (nSPS) is 10.0. The van der Waals surface area contributed by atoms with Crippen molar-refractivity contribution in [3.8, 4) is 18.1 Å². The molecule has 0 unspecified atom stereocenters. The van der Waals surface area contributed by atoms with Gasteiger partial charge in [0.15, 0.2) is 0 Å². The average molecular weight is 281 g/mol. The third-order valence-electron chi connectivity index (χ3n) is 1.69. The zero-order valence-corrected chi connectivity index (χ0v) is 9.90. The summed E-state index contributed by atoms with van der Waals surface area (Å²) in [7, 11) is 0. The molecule has 0 heterocycles. The van der Waals surface area contributed by atoms with Crippen molar-refractivity contribution in [2.24, 2.45) is 0 Å². The van der Waals surface area contributed by atoms with E-state index < -0.39 is 5.97 Å². The number of hydrogen-bond donors (Lipinski definition) is 1. The molecule has 0 aliphatic carbocycles. The second-order valence-electron chi connectivity index (χ2n) is 2.85. The molecule has 16 heavy (non-hydrogen) atoms. The van der Waals surface area contributed by atoms with Crippen molar-refractivity contribution in [1.82, 2.24) is 0 Å². The number of carboxylic acids is 1. The van der Waals surface area contributed by atoms with E-state index in [2.05, 4.69) is 21.9 Å². The number of rotatable bonds is 4. The van der Waals surface area contributed by atoms with E-state index in [4.69, 9.17) is 16.3 Å². The molecule has 0 radical (unpaired) electrons. The van der Waals surface area contributed by atoms with Crippen LogP contribution in [0.2, 0.25) is 0 Å². The van der Waals surface area contributed by atoms with Crippen molar-refractivity contribution in [2.75, 3.05) is 6.61 Å².